The quantitative estimate of drug-likeness (QED) is 0.491. The molecule has 27 heavy (non-hydrogen) atoms. The van der Waals surface area contributed by atoms with Gasteiger partial charge in [-0.15, -0.1) is 0 Å². The summed E-state index contributed by atoms with van der Waals surface area (Å²) in [5.41, 5.74) is 4.65. The van der Waals surface area contributed by atoms with Gasteiger partial charge < -0.3 is 21.1 Å². The second-order valence-corrected chi connectivity index (χ2v) is 6.39. The molecule has 1 atom stereocenters. The zero-order chi connectivity index (χ0) is 20.3. The van der Waals surface area contributed by atoms with Crippen LogP contribution in [0.15, 0.2) is 30.3 Å². The van der Waals surface area contributed by atoms with Crippen LogP contribution in [-0.4, -0.2) is 35.8 Å². The Morgan fingerprint density at radius 2 is 1.74 bits per heavy atom. The largest absolute Gasteiger partial charge is 0.459 e. The number of carbonyl (C=O) groups excluding carboxylic acids is 4. The minimum atomic E-state index is -1.19. The molecule has 0 heterocycles. The van der Waals surface area contributed by atoms with Gasteiger partial charge in [-0.25, -0.2) is 4.79 Å². The Balaban J connectivity index is 2.44. The van der Waals surface area contributed by atoms with Crippen LogP contribution in [-0.2, 0) is 30.5 Å². The van der Waals surface area contributed by atoms with Crippen molar-refractivity contribution >= 4 is 23.7 Å². The number of esters is 1. The van der Waals surface area contributed by atoms with E-state index in [1.54, 1.807) is 13.8 Å². The maximum atomic E-state index is 12.4. The van der Waals surface area contributed by atoms with Gasteiger partial charge >= 0.3 is 5.97 Å². The fourth-order valence-corrected chi connectivity index (χ4v) is 2.21. The maximum absolute atomic E-state index is 12.4. The Bertz CT molecular complexity index is 663. The van der Waals surface area contributed by atoms with Crippen LogP contribution in [0.4, 0.5) is 0 Å². The van der Waals surface area contributed by atoms with Crippen molar-refractivity contribution in [3.05, 3.63) is 35.9 Å². The molecule has 0 aliphatic heterocycles. The lowest BCUT2D eigenvalue weighted by atomic mass is 9.99. The number of carbonyl (C=O) groups is 4. The Hall–Kier alpha value is -2.90. The predicted octanol–water partition coefficient (Wildman–Crippen LogP) is 0.787. The monoisotopic (exact) mass is 377 g/mol. The molecular weight excluding hydrogens is 350 g/mol. The summed E-state index contributed by atoms with van der Waals surface area (Å²) in [6.45, 7) is 3.18. The lowest BCUT2D eigenvalue weighted by Crippen LogP contribution is -2.54. The molecule has 0 fully saturated rings. The number of ether oxygens (including phenoxy) is 1. The molecule has 0 saturated carbocycles. The summed E-state index contributed by atoms with van der Waals surface area (Å²) in [4.78, 5) is 46.7. The molecule has 0 aromatic heterocycles. The molecule has 0 saturated heterocycles. The molecule has 1 rings (SSSR count). The van der Waals surface area contributed by atoms with E-state index in [1.165, 1.54) is 0 Å². The number of nitrogens with one attached hydrogen (secondary N) is 2. The molecule has 8 nitrogen and oxygen atoms in total. The van der Waals surface area contributed by atoms with Crippen LogP contribution in [0.5, 0.6) is 0 Å². The Kier molecular flexibility index (Phi) is 8.98. The van der Waals surface area contributed by atoms with Crippen molar-refractivity contribution in [2.45, 2.75) is 51.7 Å². The van der Waals surface area contributed by atoms with Crippen molar-refractivity contribution in [2.75, 3.05) is 6.54 Å². The first-order chi connectivity index (χ1) is 12.8. The standard InChI is InChI=1S/C19H27N3O5/c1-3-19(2,18(26)27-13-14-8-5-4-6-9-14)22-17(25)12-21-16(24)11-7-10-15(20)23/h4-6,8-9H,3,7,10-13H2,1-2H3,(H2,20,23)(H,21,24)(H,22,25). The maximum Gasteiger partial charge on any atom is 0.331 e. The third-order valence-electron chi connectivity index (χ3n) is 4.06. The predicted molar refractivity (Wildman–Crippen MR) is 99.1 cm³/mol. The van der Waals surface area contributed by atoms with Crippen LogP contribution in [0.1, 0.15) is 45.1 Å². The highest BCUT2D eigenvalue weighted by molar-refractivity contribution is 5.90. The van der Waals surface area contributed by atoms with Gasteiger partial charge in [-0.05, 0) is 25.3 Å². The molecule has 0 bridgehead atoms. The van der Waals surface area contributed by atoms with Crippen LogP contribution in [0.2, 0.25) is 0 Å². The van der Waals surface area contributed by atoms with Crippen LogP contribution in [0, 0.1) is 0 Å². The van der Waals surface area contributed by atoms with Crippen LogP contribution in [0.3, 0.4) is 0 Å². The average molecular weight is 377 g/mol. The highest BCUT2D eigenvalue weighted by atomic mass is 16.5. The van der Waals surface area contributed by atoms with E-state index < -0.39 is 23.3 Å². The number of rotatable bonds is 11. The Morgan fingerprint density at radius 3 is 2.33 bits per heavy atom. The van der Waals surface area contributed by atoms with Gasteiger partial charge in [0.2, 0.25) is 17.7 Å². The minimum absolute atomic E-state index is 0.0976. The molecule has 3 amide bonds. The summed E-state index contributed by atoms with van der Waals surface area (Å²) in [5, 5.41) is 5.05. The van der Waals surface area contributed by atoms with Crippen LogP contribution in [0.25, 0.3) is 0 Å². The van der Waals surface area contributed by atoms with Crippen LogP contribution < -0.4 is 16.4 Å². The molecule has 148 valence electrons. The lowest BCUT2D eigenvalue weighted by molar-refractivity contribution is -0.154. The number of amides is 3. The highest BCUT2D eigenvalue weighted by Crippen LogP contribution is 2.13. The normalized spacial score (nSPS) is 12.5. The Labute approximate surface area is 158 Å². The van der Waals surface area contributed by atoms with E-state index in [4.69, 9.17) is 10.5 Å². The minimum Gasteiger partial charge on any atom is -0.459 e. The molecule has 0 aliphatic carbocycles. The molecule has 0 aliphatic rings. The third kappa shape index (κ3) is 8.35. The molecule has 0 spiro atoms. The van der Waals surface area contributed by atoms with Gasteiger partial charge in [-0.1, -0.05) is 37.3 Å². The van der Waals surface area contributed by atoms with Gasteiger partial charge in [-0.3, -0.25) is 14.4 Å². The first-order valence-electron chi connectivity index (χ1n) is 8.84. The zero-order valence-corrected chi connectivity index (χ0v) is 15.7. The molecule has 0 radical (unpaired) electrons. The van der Waals surface area contributed by atoms with E-state index in [1.807, 2.05) is 30.3 Å². The summed E-state index contributed by atoms with van der Waals surface area (Å²) in [7, 11) is 0. The molecule has 1 unspecified atom stereocenters. The molecule has 1 aromatic carbocycles. The summed E-state index contributed by atoms with van der Waals surface area (Å²) in [6.07, 6.45) is 0.862. The fraction of sp³-hybridized carbons (Fsp3) is 0.474. The SMILES string of the molecule is CCC(C)(NC(=O)CNC(=O)CCCC(N)=O)C(=O)OCc1ccccc1. The third-order valence-corrected chi connectivity index (χ3v) is 4.06. The second-order valence-electron chi connectivity index (χ2n) is 6.39. The number of primary amides is 1. The second kappa shape index (κ2) is 10.9. The summed E-state index contributed by atoms with van der Waals surface area (Å²) in [6, 6.07) is 9.22. The first kappa shape index (κ1) is 22.1. The van der Waals surface area contributed by atoms with Crippen molar-refractivity contribution in [3.63, 3.8) is 0 Å². The van der Waals surface area contributed by atoms with Gasteiger partial charge in [-0.2, -0.15) is 0 Å². The topological polar surface area (TPSA) is 128 Å². The first-order valence-corrected chi connectivity index (χ1v) is 8.84. The molecular formula is C19H27N3O5. The van der Waals surface area contributed by atoms with Crippen molar-refractivity contribution in [3.8, 4) is 0 Å². The van der Waals surface area contributed by atoms with E-state index in [9.17, 15) is 19.2 Å². The highest BCUT2D eigenvalue weighted by Gasteiger charge is 2.34. The number of hydrogen-bond donors (Lipinski definition) is 3. The van der Waals surface area contributed by atoms with Gasteiger partial charge in [0, 0.05) is 12.8 Å². The van der Waals surface area contributed by atoms with Gasteiger partial charge in [0.05, 0.1) is 6.54 Å². The Morgan fingerprint density at radius 1 is 1.07 bits per heavy atom. The lowest BCUT2D eigenvalue weighted by Gasteiger charge is -2.27. The van der Waals surface area contributed by atoms with Crippen LogP contribution >= 0.6 is 0 Å². The average Bonchev–Trinajstić information content (AvgIpc) is 2.64. The molecule has 8 heteroatoms. The summed E-state index contributed by atoms with van der Waals surface area (Å²) in [5.74, 6) is -1.89. The van der Waals surface area contributed by atoms with Crippen molar-refractivity contribution < 1.29 is 23.9 Å². The number of nitrogens with two attached hydrogens (primary N) is 1. The zero-order valence-electron chi connectivity index (χ0n) is 15.7. The smallest absolute Gasteiger partial charge is 0.331 e. The van der Waals surface area contributed by atoms with E-state index in [2.05, 4.69) is 10.6 Å². The van der Waals surface area contributed by atoms with E-state index in [0.29, 0.717) is 12.8 Å². The van der Waals surface area contributed by atoms with Crippen molar-refractivity contribution in [1.82, 2.24) is 10.6 Å². The van der Waals surface area contributed by atoms with E-state index >= 15 is 0 Å². The van der Waals surface area contributed by atoms with Crippen molar-refractivity contribution in [2.24, 2.45) is 5.73 Å². The molecule has 4 N–H and O–H groups in total. The number of hydrogen-bond acceptors (Lipinski definition) is 5. The van der Waals surface area contributed by atoms with E-state index in [-0.39, 0.29) is 31.9 Å². The fourth-order valence-electron chi connectivity index (χ4n) is 2.21. The van der Waals surface area contributed by atoms with Crippen molar-refractivity contribution in [1.29, 1.82) is 0 Å². The molecule has 1 aromatic rings. The summed E-state index contributed by atoms with van der Waals surface area (Å²) < 4.78 is 5.30. The van der Waals surface area contributed by atoms with E-state index in [0.717, 1.165) is 5.56 Å². The van der Waals surface area contributed by atoms with Gasteiger partial charge in [0.25, 0.3) is 0 Å². The number of benzene rings is 1. The van der Waals surface area contributed by atoms with Gasteiger partial charge in [0.15, 0.2) is 0 Å². The summed E-state index contributed by atoms with van der Waals surface area (Å²) >= 11 is 0. The van der Waals surface area contributed by atoms with Gasteiger partial charge in [0.1, 0.15) is 12.1 Å².